The van der Waals surface area contributed by atoms with Crippen LogP contribution < -0.4 is 4.90 Å². The van der Waals surface area contributed by atoms with Crippen LogP contribution in [0.2, 0.25) is 0 Å². The first-order chi connectivity index (χ1) is 10.4. The average Bonchev–Trinajstić information content (AvgIpc) is 2.42. The standard InChI is InChI=1S/C16H18N2O3S/c1-16(10-22(2)21)8-18(9-16)11-3-4-14-13(7-11)12(15(19)20)5-6-17-14/h3-7H,8-10H2,1-2H3,(H,19,20). The van der Waals surface area contributed by atoms with Gasteiger partial charge in [0.25, 0.3) is 0 Å². The highest BCUT2D eigenvalue weighted by Crippen LogP contribution is 2.36. The van der Waals surface area contributed by atoms with Crippen molar-refractivity contribution >= 4 is 33.4 Å². The van der Waals surface area contributed by atoms with Crippen LogP contribution in [-0.2, 0) is 10.8 Å². The van der Waals surface area contributed by atoms with E-state index in [1.165, 1.54) is 12.3 Å². The number of rotatable bonds is 4. The number of carboxylic acid groups (broad SMARTS) is 1. The molecule has 0 saturated carbocycles. The number of carbonyl (C=O) groups is 1. The van der Waals surface area contributed by atoms with Gasteiger partial charge in [0.15, 0.2) is 0 Å². The van der Waals surface area contributed by atoms with Crippen LogP contribution in [0.4, 0.5) is 5.69 Å². The second-order valence-corrected chi connectivity index (χ2v) is 7.68. The van der Waals surface area contributed by atoms with Gasteiger partial charge in [-0.05, 0) is 24.3 Å². The van der Waals surface area contributed by atoms with Crippen molar-refractivity contribution in [2.45, 2.75) is 6.92 Å². The fourth-order valence-corrected chi connectivity index (χ4v) is 4.32. The van der Waals surface area contributed by atoms with Gasteiger partial charge in [-0.15, -0.1) is 0 Å². The molecular weight excluding hydrogens is 300 g/mol. The third kappa shape index (κ3) is 2.70. The zero-order chi connectivity index (χ0) is 15.9. The number of anilines is 1. The largest absolute Gasteiger partial charge is 0.478 e. The Morgan fingerprint density at radius 3 is 2.77 bits per heavy atom. The molecule has 1 aliphatic rings. The molecule has 0 radical (unpaired) electrons. The number of nitrogens with zero attached hydrogens (tertiary/aromatic N) is 2. The minimum Gasteiger partial charge on any atom is -0.478 e. The van der Waals surface area contributed by atoms with Crippen LogP contribution in [0.3, 0.4) is 0 Å². The molecule has 0 amide bonds. The molecular formula is C16H18N2O3S. The Morgan fingerprint density at radius 2 is 2.14 bits per heavy atom. The lowest BCUT2D eigenvalue weighted by atomic mass is 9.83. The Morgan fingerprint density at radius 1 is 1.41 bits per heavy atom. The van der Waals surface area contributed by atoms with Crippen LogP contribution in [0.15, 0.2) is 30.5 Å². The zero-order valence-corrected chi connectivity index (χ0v) is 13.4. The average molecular weight is 318 g/mol. The summed E-state index contributed by atoms with van der Waals surface area (Å²) in [5, 5.41) is 9.94. The first kappa shape index (κ1) is 15.0. The lowest BCUT2D eigenvalue weighted by Crippen LogP contribution is -2.57. The van der Waals surface area contributed by atoms with Crippen molar-refractivity contribution in [1.29, 1.82) is 0 Å². The highest BCUT2D eigenvalue weighted by atomic mass is 32.2. The SMILES string of the molecule is CS(=O)CC1(C)CN(c2ccc3nccc(C(=O)O)c3c2)C1. The summed E-state index contributed by atoms with van der Waals surface area (Å²) in [5.74, 6) is -0.252. The molecule has 2 aromatic rings. The van der Waals surface area contributed by atoms with Gasteiger partial charge in [-0.3, -0.25) is 9.19 Å². The number of carboxylic acids is 1. The molecule has 1 aliphatic heterocycles. The third-order valence-corrected chi connectivity index (χ3v) is 5.12. The van der Waals surface area contributed by atoms with E-state index >= 15 is 0 Å². The van der Waals surface area contributed by atoms with Gasteiger partial charge in [0.2, 0.25) is 0 Å². The van der Waals surface area contributed by atoms with E-state index in [1.54, 1.807) is 6.26 Å². The molecule has 1 aromatic carbocycles. The van der Waals surface area contributed by atoms with Gasteiger partial charge in [-0.25, -0.2) is 4.79 Å². The van der Waals surface area contributed by atoms with Crippen LogP contribution in [-0.4, -0.2) is 45.4 Å². The number of aromatic carboxylic acids is 1. The van der Waals surface area contributed by atoms with Crippen LogP contribution in [0.25, 0.3) is 10.9 Å². The van der Waals surface area contributed by atoms with E-state index in [2.05, 4.69) is 16.8 Å². The predicted molar refractivity (Wildman–Crippen MR) is 88.0 cm³/mol. The Bertz CT molecular complexity index is 769. The van der Waals surface area contributed by atoms with Crippen molar-refractivity contribution in [1.82, 2.24) is 4.98 Å². The van der Waals surface area contributed by atoms with Gasteiger partial charge < -0.3 is 10.0 Å². The van der Waals surface area contributed by atoms with Crippen molar-refractivity contribution < 1.29 is 14.1 Å². The molecule has 0 spiro atoms. The van der Waals surface area contributed by atoms with E-state index in [4.69, 9.17) is 0 Å². The lowest BCUT2D eigenvalue weighted by molar-refractivity contribution is 0.0699. The summed E-state index contributed by atoms with van der Waals surface area (Å²) in [6, 6.07) is 7.22. The topological polar surface area (TPSA) is 70.5 Å². The molecule has 1 aromatic heterocycles. The molecule has 6 heteroatoms. The first-order valence-electron chi connectivity index (χ1n) is 7.05. The highest BCUT2D eigenvalue weighted by Gasteiger charge is 2.39. The monoisotopic (exact) mass is 318 g/mol. The van der Waals surface area contributed by atoms with Gasteiger partial charge in [0, 0.05) is 58.6 Å². The summed E-state index contributed by atoms with van der Waals surface area (Å²) in [6.45, 7) is 3.80. The summed E-state index contributed by atoms with van der Waals surface area (Å²) in [4.78, 5) is 17.7. The minimum absolute atomic E-state index is 0.0686. The van der Waals surface area contributed by atoms with Crippen LogP contribution >= 0.6 is 0 Å². The molecule has 0 bridgehead atoms. The number of benzene rings is 1. The second kappa shape index (κ2) is 5.35. The van der Waals surface area contributed by atoms with Crippen LogP contribution in [0.1, 0.15) is 17.3 Å². The molecule has 0 aliphatic carbocycles. The van der Waals surface area contributed by atoms with Gasteiger partial charge in [-0.2, -0.15) is 0 Å². The molecule has 5 nitrogen and oxygen atoms in total. The van der Waals surface area contributed by atoms with Crippen LogP contribution in [0, 0.1) is 5.41 Å². The summed E-state index contributed by atoms with van der Waals surface area (Å²) >= 11 is 0. The van der Waals surface area contributed by atoms with Gasteiger partial charge in [-0.1, -0.05) is 6.92 Å². The quantitative estimate of drug-likeness (QED) is 0.935. The molecule has 3 rings (SSSR count). The van der Waals surface area contributed by atoms with Gasteiger partial charge in [0.1, 0.15) is 0 Å². The molecule has 1 fully saturated rings. The van der Waals surface area contributed by atoms with Gasteiger partial charge >= 0.3 is 5.97 Å². The number of fused-ring (bicyclic) bond motifs is 1. The van der Waals surface area contributed by atoms with Crippen molar-refractivity contribution in [3.63, 3.8) is 0 Å². The normalized spacial score (nSPS) is 18.0. The van der Waals surface area contributed by atoms with E-state index in [0.717, 1.165) is 18.8 Å². The first-order valence-corrected chi connectivity index (χ1v) is 8.78. The number of aromatic nitrogens is 1. The number of hydrogen-bond donors (Lipinski definition) is 1. The van der Waals surface area contributed by atoms with Crippen molar-refractivity contribution in [3.8, 4) is 0 Å². The van der Waals surface area contributed by atoms with E-state index in [1.807, 2.05) is 18.2 Å². The number of pyridine rings is 1. The summed E-state index contributed by atoms with van der Waals surface area (Å²) in [7, 11) is -0.801. The molecule has 2 heterocycles. The van der Waals surface area contributed by atoms with E-state index < -0.39 is 16.8 Å². The van der Waals surface area contributed by atoms with Crippen molar-refractivity contribution in [2.75, 3.05) is 30.0 Å². The Labute approximate surface area is 131 Å². The predicted octanol–water partition coefficient (Wildman–Crippen LogP) is 2.14. The molecule has 22 heavy (non-hydrogen) atoms. The molecule has 1 unspecified atom stereocenters. The molecule has 1 atom stereocenters. The van der Waals surface area contributed by atoms with Crippen molar-refractivity contribution in [2.24, 2.45) is 5.41 Å². The second-order valence-electron chi connectivity index (χ2n) is 6.25. The smallest absolute Gasteiger partial charge is 0.336 e. The van der Waals surface area contributed by atoms with Crippen LogP contribution in [0.5, 0.6) is 0 Å². The summed E-state index contributed by atoms with van der Waals surface area (Å²) < 4.78 is 11.4. The minimum atomic E-state index is -0.945. The van der Waals surface area contributed by atoms with E-state index in [-0.39, 0.29) is 11.0 Å². The fraction of sp³-hybridized carbons (Fsp3) is 0.375. The third-order valence-electron chi connectivity index (χ3n) is 4.02. The summed E-state index contributed by atoms with van der Waals surface area (Å²) in [5.41, 5.74) is 2.01. The van der Waals surface area contributed by atoms with E-state index in [9.17, 15) is 14.1 Å². The molecule has 116 valence electrons. The highest BCUT2D eigenvalue weighted by molar-refractivity contribution is 7.84. The Hall–Kier alpha value is -1.95. The van der Waals surface area contributed by atoms with Gasteiger partial charge in [0.05, 0.1) is 11.1 Å². The van der Waals surface area contributed by atoms with E-state index in [0.29, 0.717) is 16.7 Å². The Kier molecular flexibility index (Phi) is 3.64. The molecule has 1 saturated heterocycles. The lowest BCUT2D eigenvalue weighted by Gasteiger charge is -2.49. The fourth-order valence-electron chi connectivity index (χ4n) is 3.16. The maximum atomic E-state index is 11.4. The summed E-state index contributed by atoms with van der Waals surface area (Å²) in [6.07, 6.45) is 3.25. The maximum Gasteiger partial charge on any atom is 0.336 e. The molecule has 1 N–H and O–H groups in total. The number of hydrogen-bond acceptors (Lipinski definition) is 4. The zero-order valence-electron chi connectivity index (χ0n) is 12.6. The Balaban J connectivity index is 1.89. The maximum absolute atomic E-state index is 11.4. The van der Waals surface area contributed by atoms with Crippen molar-refractivity contribution in [3.05, 3.63) is 36.0 Å².